The van der Waals surface area contributed by atoms with Gasteiger partial charge < -0.3 is 35.1 Å². The summed E-state index contributed by atoms with van der Waals surface area (Å²) < 4.78 is 4.12. The van der Waals surface area contributed by atoms with E-state index in [9.17, 15) is 9.59 Å². The molecule has 0 atom stereocenters. The molecule has 0 bridgehead atoms. The maximum atomic E-state index is 10.6. The normalized spacial score (nSPS) is 10.9. The van der Waals surface area contributed by atoms with Gasteiger partial charge in [0.2, 0.25) is 0 Å². The first-order valence-corrected chi connectivity index (χ1v) is 8.20. The molecule has 0 saturated heterocycles. The van der Waals surface area contributed by atoms with Crippen molar-refractivity contribution in [2.24, 2.45) is 0 Å². The van der Waals surface area contributed by atoms with Crippen LogP contribution in [0.2, 0.25) is 0 Å². The molecule has 0 aliphatic heterocycles. The van der Waals surface area contributed by atoms with Gasteiger partial charge >= 0.3 is 19.3 Å². The summed E-state index contributed by atoms with van der Waals surface area (Å²) in [5, 5.41) is 51.5. The highest BCUT2D eigenvalue weighted by atomic mass is 16.6. The molecule has 0 amide bonds. The fourth-order valence-corrected chi connectivity index (χ4v) is 1.25. The van der Waals surface area contributed by atoms with Crippen LogP contribution in [-0.4, -0.2) is 60.9 Å². The zero-order valence-electron chi connectivity index (χ0n) is 16.9. The fraction of sp³-hybridized carbons (Fsp3) is 0.444. The lowest BCUT2D eigenvalue weighted by Crippen LogP contribution is -2.44. The molecule has 0 aromatic heterocycles. The minimum absolute atomic E-state index is 0.0277. The highest BCUT2D eigenvalue weighted by Gasteiger charge is 2.31. The summed E-state index contributed by atoms with van der Waals surface area (Å²) in [6, 6.07) is 4.17. The number of carbonyl (C=O) groups is 2. The molecule has 0 aliphatic carbocycles. The van der Waals surface area contributed by atoms with Crippen molar-refractivity contribution in [1.82, 2.24) is 0 Å². The predicted molar refractivity (Wildman–Crippen MR) is 104 cm³/mol. The van der Waals surface area contributed by atoms with E-state index in [1.165, 1.54) is 31.4 Å². The first-order valence-electron chi connectivity index (χ1n) is 8.20. The smallest absolute Gasteiger partial charge is 0.519 e. The third-order valence-electron chi connectivity index (χ3n) is 3.63. The molecule has 0 saturated carbocycles. The number of hydrogen-bond donors (Lipinski definition) is 6. The molecule has 0 heterocycles. The monoisotopic (exact) mass is 400 g/mol. The van der Waals surface area contributed by atoms with Gasteiger partial charge in [-0.2, -0.15) is 0 Å². The van der Waals surface area contributed by atoms with Gasteiger partial charge in [0.25, 0.3) is 0 Å². The largest absolute Gasteiger partial charge is 0.707 e. The summed E-state index contributed by atoms with van der Waals surface area (Å²) in [6.07, 6.45) is 2.75. The number of aromatic carboxylic acids is 2. The number of rotatable bonds is 5. The molecule has 0 spiro atoms. The average Bonchev–Trinajstić information content (AvgIpc) is 2.51. The van der Waals surface area contributed by atoms with Gasteiger partial charge in [-0.3, -0.25) is 0 Å². The van der Waals surface area contributed by atoms with Crippen molar-refractivity contribution >= 4 is 19.3 Å². The van der Waals surface area contributed by atoms with Crippen LogP contribution in [-0.2, 0) is 4.65 Å². The molecule has 10 heteroatoms. The fourth-order valence-electron chi connectivity index (χ4n) is 1.25. The van der Waals surface area contributed by atoms with E-state index < -0.39 is 30.5 Å². The van der Waals surface area contributed by atoms with Crippen molar-refractivity contribution in [3.05, 3.63) is 47.2 Å². The molecular weight excluding hydrogens is 371 g/mol. The van der Waals surface area contributed by atoms with Crippen molar-refractivity contribution in [2.45, 2.75) is 52.7 Å². The van der Waals surface area contributed by atoms with E-state index >= 15 is 0 Å². The van der Waals surface area contributed by atoms with Crippen LogP contribution in [0.1, 0.15) is 60.9 Å². The Morgan fingerprint density at radius 2 is 1.32 bits per heavy atom. The second kappa shape index (κ2) is 12.1. The maximum Gasteiger partial charge on any atom is 0.707 e. The summed E-state index contributed by atoms with van der Waals surface area (Å²) in [7, 11) is -1.68. The summed E-state index contributed by atoms with van der Waals surface area (Å²) in [5.41, 5.74) is -1.68. The lowest BCUT2D eigenvalue weighted by Gasteiger charge is -2.31. The number of allylic oxidation sites excluding steroid dienone is 1. The van der Waals surface area contributed by atoms with E-state index in [-0.39, 0.29) is 16.7 Å². The molecule has 1 aromatic rings. The van der Waals surface area contributed by atoms with Gasteiger partial charge in [-0.05, 0) is 59.2 Å². The molecule has 28 heavy (non-hydrogen) atoms. The lowest BCUT2D eigenvalue weighted by atomic mass is 9.90. The SMILES string of the molecule is CC(C)(O)C(C)(C)O.CC=COB(O)O.Cc1c(C(=O)O)cccc1C(=O)O. The molecule has 0 aliphatic rings. The first-order chi connectivity index (χ1) is 12.6. The van der Waals surface area contributed by atoms with Gasteiger partial charge in [-0.1, -0.05) is 12.1 Å². The molecular formula is C18H29BO9. The van der Waals surface area contributed by atoms with Crippen LogP contribution in [0.3, 0.4) is 0 Å². The second-order valence-electron chi connectivity index (χ2n) is 6.64. The van der Waals surface area contributed by atoms with E-state index in [2.05, 4.69) is 4.65 Å². The standard InChI is InChI=1S/C9H8O4.C6H14O2.C3H7BO3/c1-5-6(8(10)11)3-2-4-7(5)9(12)13;1-5(2,7)6(3,4)8;1-2-3-7-4(5)6/h2-4H,1H3,(H,10,11)(H,12,13);7-8H,1-4H3;2-3,5-6H,1H3. The Bertz CT molecular complexity index is 612. The van der Waals surface area contributed by atoms with Crippen LogP contribution in [0, 0.1) is 6.92 Å². The molecule has 6 N–H and O–H groups in total. The molecule has 1 rings (SSSR count). The van der Waals surface area contributed by atoms with E-state index in [4.69, 9.17) is 30.5 Å². The van der Waals surface area contributed by atoms with Crippen LogP contribution in [0.25, 0.3) is 0 Å². The quantitative estimate of drug-likeness (QED) is 0.317. The van der Waals surface area contributed by atoms with E-state index in [0.717, 1.165) is 0 Å². The Hall–Kier alpha value is -2.40. The Kier molecular flexibility index (Phi) is 12.1. The number of aliphatic hydroxyl groups is 2. The van der Waals surface area contributed by atoms with Crippen LogP contribution in [0.5, 0.6) is 0 Å². The van der Waals surface area contributed by atoms with Crippen molar-refractivity contribution < 1.29 is 44.7 Å². The maximum absolute atomic E-state index is 10.6. The van der Waals surface area contributed by atoms with Gasteiger partial charge in [0, 0.05) is 0 Å². The van der Waals surface area contributed by atoms with Crippen LogP contribution < -0.4 is 0 Å². The lowest BCUT2D eigenvalue weighted by molar-refractivity contribution is -0.107. The van der Waals surface area contributed by atoms with Gasteiger partial charge in [0.1, 0.15) is 0 Å². The Balaban J connectivity index is 0. The molecule has 0 radical (unpaired) electrons. The summed E-state index contributed by atoms with van der Waals surface area (Å²) >= 11 is 0. The topological polar surface area (TPSA) is 165 Å². The minimum Gasteiger partial charge on any atom is -0.519 e. The molecule has 9 nitrogen and oxygen atoms in total. The summed E-state index contributed by atoms with van der Waals surface area (Å²) in [5.74, 6) is -2.22. The molecule has 0 fully saturated rings. The second-order valence-corrected chi connectivity index (χ2v) is 6.64. The third-order valence-corrected chi connectivity index (χ3v) is 3.63. The van der Waals surface area contributed by atoms with Gasteiger partial charge in [-0.25, -0.2) is 9.59 Å². The number of carboxylic acid groups (broad SMARTS) is 2. The van der Waals surface area contributed by atoms with Gasteiger partial charge in [0.05, 0.1) is 28.6 Å². The highest BCUT2D eigenvalue weighted by Crippen LogP contribution is 2.19. The van der Waals surface area contributed by atoms with Gasteiger partial charge in [-0.15, -0.1) is 0 Å². The highest BCUT2D eigenvalue weighted by molar-refractivity contribution is 6.32. The zero-order chi connectivity index (χ0) is 22.7. The molecule has 158 valence electrons. The summed E-state index contributed by atoms with van der Waals surface area (Å²) in [6.45, 7) is 9.50. The van der Waals surface area contributed by atoms with Crippen molar-refractivity contribution in [2.75, 3.05) is 0 Å². The predicted octanol–water partition coefficient (Wildman–Crippen LogP) is 1.43. The van der Waals surface area contributed by atoms with Crippen LogP contribution >= 0.6 is 0 Å². The minimum atomic E-state index is -1.68. The van der Waals surface area contributed by atoms with E-state index in [1.54, 1.807) is 40.7 Å². The zero-order valence-corrected chi connectivity index (χ0v) is 16.9. The Labute approximate surface area is 164 Å². The number of carboxylic acids is 2. The number of benzene rings is 1. The Morgan fingerprint density at radius 3 is 1.50 bits per heavy atom. The molecule has 0 unspecified atom stereocenters. The molecule has 1 aromatic carbocycles. The van der Waals surface area contributed by atoms with Crippen LogP contribution in [0.15, 0.2) is 30.5 Å². The van der Waals surface area contributed by atoms with Gasteiger partial charge in [0.15, 0.2) is 0 Å². The number of hydrogen-bond acceptors (Lipinski definition) is 7. The van der Waals surface area contributed by atoms with E-state index in [1.807, 2.05) is 0 Å². The van der Waals surface area contributed by atoms with Crippen molar-refractivity contribution in [3.8, 4) is 0 Å². The third kappa shape index (κ3) is 11.3. The Morgan fingerprint density at radius 1 is 0.964 bits per heavy atom. The average molecular weight is 400 g/mol. The first kappa shape index (κ1) is 27.8. The van der Waals surface area contributed by atoms with Crippen LogP contribution in [0.4, 0.5) is 0 Å². The van der Waals surface area contributed by atoms with E-state index in [0.29, 0.717) is 0 Å². The van der Waals surface area contributed by atoms with Crippen molar-refractivity contribution in [1.29, 1.82) is 0 Å². The summed E-state index contributed by atoms with van der Waals surface area (Å²) in [4.78, 5) is 21.2. The van der Waals surface area contributed by atoms with Crippen molar-refractivity contribution in [3.63, 3.8) is 0 Å².